The number of Topliss-reactive ketones (excluding diaryl/α,β-unsaturated/α-hetero) is 1. The maximum Gasteiger partial charge on any atom is 0.209 e. The fraction of sp³-hybridized carbons (Fsp3) is 0.636. The quantitative estimate of drug-likeness (QED) is 0.783. The summed E-state index contributed by atoms with van der Waals surface area (Å²) in [7, 11) is 0. The van der Waals surface area contributed by atoms with Gasteiger partial charge in [0, 0.05) is 31.5 Å². The number of benzene rings is 1. The molecule has 7 heteroatoms. The lowest BCUT2D eigenvalue weighted by atomic mass is 9.47. The molecular formula is C22H25N2O5-. The molecule has 2 saturated carbocycles. The zero-order valence-corrected chi connectivity index (χ0v) is 16.5. The SMILES string of the molecule is CC(=O)N([O-])C12CCC(=O)[C@@H]3Oc4c(O)ccc5c4[C@@]31CCN(CC1CC1)[C@@H]2C5. The summed E-state index contributed by atoms with van der Waals surface area (Å²) in [6, 6.07) is 3.39. The number of aromatic hydroxyl groups is 1. The number of nitrogens with zero attached hydrogens (tertiary/aromatic N) is 2. The van der Waals surface area contributed by atoms with Crippen LogP contribution in [0.2, 0.25) is 0 Å². The molecule has 0 radical (unpaired) electrons. The summed E-state index contributed by atoms with van der Waals surface area (Å²) in [4.78, 5) is 27.9. The van der Waals surface area contributed by atoms with Crippen molar-refractivity contribution in [3.63, 3.8) is 0 Å². The summed E-state index contributed by atoms with van der Waals surface area (Å²) in [5, 5.41) is 24.8. The van der Waals surface area contributed by atoms with Crippen molar-refractivity contribution in [1.29, 1.82) is 0 Å². The number of hydroxylamine groups is 2. The van der Waals surface area contributed by atoms with Crippen LogP contribution in [0.25, 0.3) is 0 Å². The van der Waals surface area contributed by atoms with Crippen LogP contribution in [0.15, 0.2) is 12.1 Å². The van der Waals surface area contributed by atoms with Gasteiger partial charge in [-0.3, -0.25) is 14.5 Å². The van der Waals surface area contributed by atoms with Crippen molar-refractivity contribution in [2.75, 3.05) is 13.1 Å². The van der Waals surface area contributed by atoms with E-state index in [1.54, 1.807) is 6.07 Å². The molecular weight excluding hydrogens is 372 g/mol. The maximum absolute atomic E-state index is 13.6. The Bertz CT molecular complexity index is 943. The fourth-order valence-corrected chi connectivity index (χ4v) is 6.96. The first-order valence-corrected chi connectivity index (χ1v) is 10.7. The van der Waals surface area contributed by atoms with Gasteiger partial charge in [-0.1, -0.05) is 6.07 Å². The minimum Gasteiger partial charge on any atom is -0.756 e. The Morgan fingerprint density at radius 1 is 1.38 bits per heavy atom. The molecule has 29 heavy (non-hydrogen) atoms. The first-order valence-electron chi connectivity index (χ1n) is 10.7. The van der Waals surface area contributed by atoms with Crippen molar-refractivity contribution in [2.24, 2.45) is 5.92 Å². The van der Waals surface area contributed by atoms with E-state index < -0.39 is 23.0 Å². The van der Waals surface area contributed by atoms with Crippen LogP contribution >= 0.6 is 0 Å². The molecule has 6 rings (SSSR count). The van der Waals surface area contributed by atoms with Gasteiger partial charge < -0.3 is 20.1 Å². The second-order valence-corrected chi connectivity index (χ2v) is 9.53. The van der Waals surface area contributed by atoms with Crippen LogP contribution < -0.4 is 4.74 Å². The molecule has 1 unspecified atom stereocenters. The average Bonchev–Trinajstić information content (AvgIpc) is 3.44. The predicted molar refractivity (Wildman–Crippen MR) is 103 cm³/mol. The minimum atomic E-state index is -1.03. The largest absolute Gasteiger partial charge is 0.756 e. The van der Waals surface area contributed by atoms with E-state index in [2.05, 4.69) is 4.90 Å². The van der Waals surface area contributed by atoms with Crippen LogP contribution in [-0.4, -0.2) is 57.5 Å². The first kappa shape index (κ1) is 17.7. The number of carbonyl (C=O) groups excluding carboxylic acids is 2. The number of phenols is 1. The van der Waals surface area contributed by atoms with Crippen LogP contribution in [0.3, 0.4) is 0 Å². The molecule has 1 aromatic carbocycles. The standard InChI is InChI=1S/C22H25N2O5/c1-12(25)24(28)22-7-6-16(27)20-21(22)8-9-23(11-13-2-3-13)17(22)10-14-4-5-15(26)19(29-20)18(14)21/h4-5,13,17,20,26H,2-3,6-11H2,1H3/q-1/t17-,20+,21+,22?/m1/s1. The number of amides is 1. The van der Waals surface area contributed by atoms with Crippen LogP contribution in [-0.2, 0) is 21.4 Å². The van der Waals surface area contributed by atoms with E-state index in [1.165, 1.54) is 19.8 Å². The van der Waals surface area contributed by atoms with Gasteiger partial charge in [0.05, 0.1) is 11.0 Å². The zero-order valence-electron chi connectivity index (χ0n) is 16.5. The number of carbonyl (C=O) groups is 2. The van der Waals surface area contributed by atoms with Crippen molar-refractivity contribution in [1.82, 2.24) is 9.96 Å². The molecule has 1 spiro atoms. The molecule has 1 saturated heterocycles. The Morgan fingerprint density at radius 3 is 2.90 bits per heavy atom. The third-order valence-corrected chi connectivity index (χ3v) is 8.21. The smallest absolute Gasteiger partial charge is 0.209 e. The number of likely N-dealkylation sites (tertiary alicyclic amines) is 1. The molecule has 1 amide bonds. The van der Waals surface area contributed by atoms with Gasteiger partial charge in [-0.15, -0.1) is 0 Å². The highest BCUT2D eigenvalue weighted by atomic mass is 16.5. The number of hydrogen-bond acceptors (Lipinski definition) is 6. The van der Waals surface area contributed by atoms with Gasteiger partial charge >= 0.3 is 0 Å². The lowest BCUT2D eigenvalue weighted by Crippen LogP contribution is -2.81. The molecule has 3 aliphatic carbocycles. The monoisotopic (exact) mass is 397 g/mol. The van der Waals surface area contributed by atoms with Gasteiger partial charge in [0.15, 0.2) is 23.4 Å². The van der Waals surface area contributed by atoms with Crippen LogP contribution in [0.1, 0.15) is 50.2 Å². The molecule has 3 fully saturated rings. The highest BCUT2D eigenvalue weighted by Gasteiger charge is 2.74. The van der Waals surface area contributed by atoms with E-state index in [1.807, 2.05) is 6.07 Å². The van der Waals surface area contributed by atoms with Gasteiger partial charge in [0.1, 0.15) is 0 Å². The Hall–Kier alpha value is -2.12. The third-order valence-electron chi connectivity index (χ3n) is 8.21. The molecule has 5 aliphatic rings. The number of phenolic OH excluding ortho intramolecular Hbond substituents is 1. The molecule has 0 aromatic heterocycles. The minimum absolute atomic E-state index is 0.00774. The van der Waals surface area contributed by atoms with Crippen molar-refractivity contribution < 1.29 is 19.4 Å². The van der Waals surface area contributed by atoms with Gasteiger partial charge in [-0.05, 0) is 56.2 Å². The van der Waals surface area contributed by atoms with E-state index in [0.29, 0.717) is 36.0 Å². The number of hydrogen-bond donors (Lipinski definition) is 1. The summed E-state index contributed by atoms with van der Waals surface area (Å²) >= 11 is 0. The van der Waals surface area contributed by atoms with E-state index >= 15 is 0 Å². The van der Waals surface area contributed by atoms with E-state index in [4.69, 9.17) is 4.74 Å². The van der Waals surface area contributed by atoms with Crippen LogP contribution in [0, 0.1) is 11.1 Å². The van der Waals surface area contributed by atoms with Crippen molar-refractivity contribution in [3.8, 4) is 11.5 Å². The predicted octanol–water partition coefficient (Wildman–Crippen LogP) is 1.88. The summed E-state index contributed by atoms with van der Waals surface area (Å²) in [6.07, 6.45) is 3.42. The molecule has 1 aromatic rings. The first-order chi connectivity index (χ1) is 13.9. The Kier molecular flexibility index (Phi) is 3.37. The van der Waals surface area contributed by atoms with Gasteiger partial charge in [-0.25, -0.2) is 0 Å². The number of ketones is 1. The molecule has 4 atom stereocenters. The number of piperidine rings is 1. The van der Waals surface area contributed by atoms with Crippen molar-refractivity contribution in [2.45, 2.75) is 68.5 Å². The van der Waals surface area contributed by atoms with Crippen molar-refractivity contribution >= 4 is 11.7 Å². The average molecular weight is 397 g/mol. The van der Waals surface area contributed by atoms with Crippen LogP contribution in [0.4, 0.5) is 0 Å². The molecule has 1 N–H and O–H groups in total. The highest BCUT2D eigenvalue weighted by Crippen LogP contribution is 2.66. The normalized spacial score (nSPS) is 37.1. The highest BCUT2D eigenvalue weighted by molar-refractivity contribution is 5.91. The summed E-state index contributed by atoms with van der Waals surface area (Å²) in [5.74, 6) is 0.464. The van der Waals surface area contributed by atoms with Crippen LogP contribution in [0.5, 0.6) is 11.5 Å². The summed E-state index contributed by atoms with van der Waals surface area (Å²) in [5.41, 5.74) is -0.0633. The molecule has 2 heterocycles. The van der Waals surface area contributed by atoms with E-state index in [-0.39, 0.29) is 24.0 Å². The zero-order chi connectivity index (χ0) is 20.1. The fourth-order valence-electron chi connectivity index (χ4n) is 6.96. The lowest BCUT2D eigenvalue weighted by molar-refractivity contribution is -0.168. The topological polar surface area (TPSA) is 93.1 Å². The summed E-state index contributed by atoms with van der Waals surface area (Å²) in [6.45, 7) is 3.03. The van der Waals surface area contributed by atoms with Gasteiger partial charge in [0.2, 0.25) is 5.91 Å². The maximum atomic E-state index is 13.6. The Morgan fingerprint density at radius 2 is 2.17 bits per heavy atom. The second-order valence-electron chi connectivity index (χ2n) is 9.53. The van der Waals surface area contributed by atoms with E-state index in [9.17, 15) is 19.9 Å². The summed E-state index contributed by atoms with van der Waals surface area (Å²) < 4.78 is 6.11. The Labute approximate surface area is 169 Å². The van der Waals surface area contributed by atoms with E-state index in [0.717, 1.165) is 24.2 Å². The van der Waals surface area contributed by atoms with Crippen molar-refractivity contribution in [3.05, 3.63) is 28.5 Å². The number of rotatable bonds is 3. The number of ether oxygens (including phenoxy) is 1. The molecule has 7 nitrogen and oxygen atoms in total. The molecule has 2 bridgehead atoms. The van der Waals surface area contributed by atoms with Gasteiger partial charge in [0.25, 0.3) is 0 Å². The third kappa shape index (κ3) is 1.96. The van der Waals surface area contributed by atoms with Gasteiger partial charge in [-0.2, -0.15) is 0 Å². The lowest BCUT2D eigenvalue weighted by Gasteiger charge is -2.70. The molecule has 2 aliphatic heterocycles. The Balaban J connectivity index is 1.63. The second kappa shape index (κ2) is 5.52. The molecule has 154 valence electrons.